The Morgan fingerprint density at radius 3 is 2.17 bits per heavy atom. The van der Waals surface area contributed by atoms with Gasteiger partial charge in [-0.2, -0.15) is 0 Å². The predicted molar refractivity (Wildman–Crippen MR) is 63.6 cm³/mol. The number of carbonyl (C=O) groups excluding carboxylic acids is 1. The molecule has 106 valence electrons. The van der Waals surface area contributed by atoms with E-state index in [0.29, 0.717) is 0 Å². The van der Waals surface area contributed by atoms with E-state index in [9.17, 15) is 18.0 Å². The summed E-state index contributed by atoms with van der Waals surface area (Å²) < 4.78 is 28.5. The van der Waals surface area contributed by atoms with Gasteiger partial charge < -0.3 is 15.2 Å². The third-order valence-electron chi connectivity index (χ3n) is 1.54. The van der Waals surface area contributed by atoms with Crippen LogP contribution in [0.3, 0.4) is 0 Å². The van der Waals surface area contributed by atoms with Crippen LogP contribution in [-0.4, -0.2) is 50.0 Å². The van der Waals surface area contributed by atoms with Crippen LogP contribution >= 0.6 is 0 Å². The molecule has 0 fully saturated rings. The van der Waals surface area contributed by atoms with Crippen molar-refractivity contribution in [2.45, 2.75) is 32.4 Å². The fourth-order valence-electron chi connectivity index (χ4n) is 0.885. The second-order valence-electron chi connectivity index (χ2n) is 4.66. The van der Waals surface area contributed by atoms with Crippen LogP contribution in [0.15, 0.2) is 0 Å². The Labute approximate surface area is 106 Å². The molecule has 0 aliphatic heterocycles. The first kappa shape index (κ1) is 16.6. The first-order valence-corrected chi connectivity index (χ1v) is 6.97. The molecule has 0 radical (unpaired) electrons. The summed E-state index contributed by atoms with van der Waals surface area (Å²) in [5.41, 5.74) is -0.766. The van der Waals surface area contributed by atoms with Gasteiger partial charge in [0.15, 0.2) is 0 Å². The van der Waals surface area contributed by atoms with E-state index < -0.39 is 40.3 Å². The molecule has 8 nitrogen and oxygen atoms in total. The number of carboxylic acid groups (broad SMARTS) is 1. The number of hydrogen-bond donors (Lipinski definition) is 3. The van der Waals surface area contributed by atoms with E-state index in [1.807, 2.05) is 4.72 Å². The molecule has 18 heavy (non-hydrogen) atoms. The van der Waals surface area contributed by atoms with Gasteiger partial charge in [0.1, 0.15) is 11.6 Å². The number of amides is 1. The molecule has 0 aliphatic rings. The summed E-state index contributed by atoms with van der Waals surface area (Å²) in [7, 11) is -3.53. The summed E-state index contributed by atoms with van der Waals surface area (Å²) in [6.45, 7) is 4.42. The van der Waals surface area contributed by atoms with Crippen LogP contribution in [0.5, 0.6) is 0 Å². The summed E-state index contributed by atoms with van der Waals surface area (Å²) in [6, 6.07) is -1.39. The van der Waals surface area contributed by atoms with Gasteiger partial charge >= 0.3 is 12.1 Å². The highest BCUT2D eigenvalue weighted by Crippen LogP contribution is 2.06. The smallest absolute Gasteiger partial charge is 0.408 e. The monoisotopic (exact) mass is 282 g/mol. The number of carbonyl (C=O) groups is 2. The minimum atomic E-state index is -3.53. The molecule has 0 saturated heterocycles. The molecule has 0 aromatic heterocycles. The fraction of sp³-hybridized carbons (Fsp3) is 0.778. The van der Waals surface area contributed by atoms with Crippen molar-refractivity contribution in [3.63, 3.8) is 0 Å². The molecular formula is C9H18N2O6S. The highest BCUT2D eigenvalue weighted by atomic mass is 32.2. The van der Waals surface area contributed by atoms with Gasteiger partial charge in [-0.3, -0.25) is 0 Å². The van der Waals surface area contributed by atoms with Crippen molar-refractivity contribution in [3.05, 3.63) is 0 Å². The van der Waals surface area contributed by atoms with E-state index in [0.717, 1.165) is 6.26 Å². The van der Waals surface area contributed by atoms with Gasteiger partial charge in [0.05, 0.1) is 6.26 Å². The van der Waals surface area contributed by atoms with Crippen molar-refractivity contribution in [3.8, 4) is 0 Å². The van der Waals surface area contributed by atoms with Crippen molar-refractivity contribution in [2.75, 3.05) is 12.8 Å². The van der Waals surface area contributed by atoms with E-state index >= 15 is 0 Å². The maximum atomic E-state index is 11.3. The number of rotatable bonds is 5. The molecule has 9 heteroatoms. The van der Waals surface area contributed by atoms with Crippen LogP contribution in [0.25, 0.3) is 0 Å². The van der Waals surface area contributed by atoms with Crippen LogP contribution in [-0.2, 0) is 19.6 Å². The zero-order valence-electron chi connectivity index (χ0n) is 10.7. The quantitative estimate of drug-likeness (QED) is 0.625. The number of carboxylic acids is 1. The number of aliphatic carboxylic acids is 1. The first-order valence-electron chi connectivity index (χ1n) is 5.07. The topological polar surface area (TPSA) is 122 Å². The van der Waals surface area contributed by atoms with E-state index in [-0.39, 0.29) is 0 Å². The molecular weight excluding hydrogens is 264 g/mol. The van der Waals surface area contributed by atoms with Crippen molar-refractivity contribution < 1.29 is 27.9 Å². The molecule has 0 spiro atoms. The minimum absolute atomic E-state index is 0.451. The highest BCUT2D eigenvalue weighted by Gasteiger charge is 2.24. The minimum Gasteiger partial charge on any atom is -0.480 e. The number of ether oxygens (including phenoxy) is 1. The number of hydrogen-bond acceptors (Lipinski definition) is 5. The summed E-state index contributed by atoms with van der Waals surface area (Å²) in [5.74, 6) is -1.36. The second-order valence-corrected chi connectivity index (χ2v) is 6.49. The second kappa shape index (κ2) is 6.01. The van der Waals surface area contributed by atoms with Crippen molar-refractivity contribution >= 4 is 22.1 Å². The predicted octanol–water partition coefficient (Wildman–Crippen LogP) is -0.486. The lowest BCUT2D eigenvalue weighted by molar-refractivity contribution is -0.139. The van der Waals surface area contributed by atoms with Gasteiger partial charge in [-0.15, -0.1) is 0 Å². The maximum absolute atomic E-state index is 11.3. The number of sulfonamides is 1. The largest absolute Gasteiger partial charge is 0.480 e. The molecule has 1 atom stereocenters. The van der Waals surface area contributed by atoms with Gasteiger partial charge in [-0.25, -0.2) is 22.7 Å². The Balaban J connectivity index is 4.46. The highest BCUT2D eigenvalue weighted by molar-refractivity contribution is 7.88. The van der Waals surface area contributed by atoms with Crippen LogP contribution in [0.1, 0.15) is 20.8 Å². The maximum Gasteiger partial charge on any atom is 0.408 e. The van der Waals surface area contributed by atoms with Crippen molar-refractivity contribution in [1.29, 1.82) is 0 Å². The molecule has 0 aliphatic carbocycles. The van der Waals surface area contributed by atoms with Gasteiger partial charge in [-0.05, 0) is 20.8 Å². The summed E-state index contributed by atoms with van der Waals surface area (Å²) in [4.78, 5) is 22.1. The Morgan fingerprint density at radius 1 is 1.33 bits per heavy atom. The van der Waals surface area contributed by atoms with Crippen LogP contribution < -0.4 is 10.0 Å². The van der Waals surface area contributed by atoms with Crippen molar-refractivity contribution in [1.82, 2.24) is 10.0 Å². The Hall–Kier alpha value is -1.35. The zero-order chi connectivity index (χ0) is 14.6. The fourth-order valence-corrected chi connectivity index (χ4v) is 1.35. The van der Waals surface area contributed by atoms with E-state index in [1.165, 1.54) is 0 Å². The lowest BCUT2D eigenvalue weighted by Crippen LogP contribution is -2.49. The lowest BCUT2D eigenvalue weighted by Gasteiger charge is -2.21. The van der Waals surface area contributed by atoms with Crippen LogP contribution in [0, 0.1) is 0 Å². The lowest BCUT2D eigenvalue weighted by atomic mass is 10.2. The molecule has 1 unspecified atom stereocenters. The SMILES string of the molecule is CC(C)(C)OC(=O)NC(CNS(C)(=O)=O)C(=O)O. The van der Waals surface area contributed by atoms with Crippen LogP contribution in [0.4, 0.5) is 4.79 Å². The number of nitrogens with one attached hydrogen (secondary N) is 2. The summed E-state index contributed by atoms with van der Waals surface area (Å²) in [5, 5.41) is 10.9. The van der Waals surface area contributed by atoms with Gasteiger partial charge in [0.25, 0.3) is 0 Å². The van der Waals surface area contributed by atoms with Gasteiger partial charge in [0, 0.05) is 6.54 Å². The normalized spacial score (nSPS) is 13.8. The zero-order valence-corrected chi connectivity index (χ0v) is 11.5. The molecule has 0 aromatic rings. The molecule has 3 N–H and O–H groups in total. The first-order chi connectivity index (χ1) is 7.91. The van der Waals surface area contributed by atoms with Gasteiger partial charge in [0.2, 0.25) is 10.0 Å². The molecule has 0 bridgehead atoms. The Morgan fingerprint density at radius 2 is 1.83 bits per heavy atom. The molecule has 1 amide bonds. The standard InChI is InChI=1S/C9H18N2O6S/c1-9(2,3)17-8(14)11-6(7(12)13)5-10-18(4,15)16/h6,10H,5H2,1-4H3,(H,11,14)(H,12,13). The third kappa shape index (κ3) is 8.76. The molecule has 0 rings (SSSR count). The Bertz CT molecular complexity index is 411. The summed E-state index contributed by atoms with van der Waals surface area (Å²) in [6.07, 6.45) is -0.0375. The average molecular weight is 282 g/mol. The van der Waals surface area contributed by atoms with E-state index in [2.05, 4.69) is 5.32 Å². The Kier molecular flexibility index (Phi) is 5.55. The summed E-state index contributed by atoms with van der Waals surface area (Å²) >= 11 is 0. The average Bonchev–Trinajstić information content (AvgIpc) is 2.06. The van der Waals surface area contributed by atoms with Crippen LogP contribution in [0.2, 0.25) is 0 Å². The molecule has 0 aromatic carbocycles. The van der Waals surface area contributed by atoms with Gasteiger partial charge in [-0.1, -0.05) is 0 Å². The van der Waals surface area contributed by atoms with E-state index in [4.69, 9.17) is 9.84 Å². The third-order valence-corrected chi connectivity index (χ3v) is 2.23. The van der Waals surface area contributed by atoms with Crippen molar-refractivity contribution in [2.24, 2.45) is 0 Å². The van der Waals surface area contributed by atoms with E-state index in [1.54, 1.807) is 20.8 Å². The number of alkyl carbamates (subject to hydrolysis) is 1. The molecule has 0 heterocycles. The molecule has 0 saturated carbocycles.